The molecule has 1 unspecified atom stereocenters. The van der Waals surface area contributed by atoms with Crippen LogP contribution in [0.5, 0.6) is 0 Å². The van der Waals surface area contributed by atoms with Crippen LogP contribution in [0.15, 0.2) is 71.2 Å². The summed E-state index contributed by atoms with van der Waals surface area (Å²) in [7, 11) is 0. The van der Waals surface area contributed by atoms with Crippen LogP contribution in [0.3, 0.4) is 0 Å². The quantitative estimate of drug-likeness (QED) is 0.520. The van der Waals surface area contributed by atoms with Crippen LogP contribution in [0.1, 0.15) is 36.3 Å². The highest BCUT2D eigenvalue weighted by Crippen LogP contribution is 2.47. The first-order valence-corrected chi connectivity index (χ1v) is 10.0. The third-order valence-corrected chi connectivity index (χ3v) is 5.78. The molecule has 7 nitrogen and oxygen atoms in total. The second-order valence-corrected chi connectivity index (χ2v) is 7.71. The molecular formula is C23H17F3N4O3. The Morgan fingerprint density at radius 2 is 1.85 bits per heavy atom. The number of nitrogens with zero attached hydrogens (tertiary/aromatic N) is 3. The fraction of sp³-hybridized carbons (Fsp3) is 0.217. The Morgan fingerprint density at radius 3 is 2.45 bits per heavy atom. The van der Waals surface area contributed by atoms with Gasteiger partial charge in [-0.1, -0.05) is 18.2 Å². The number of nitro groups is 1. The van der Waals surface area contributed by atoms with Crippen molar-refractivity contribution in [1.29, 1.82) is 5.26 Å². The number of ketones is 1. The SMILES string of the molecule is N#CC1=C(N)N(c2cccc(C(F)(F)F)c2)C2=C(C(=O)CCC2)C1c1ccc([N+](=O)[O-])cc1. The van der Waals surface area contributed by atoms with E-state index >= 15 is 0 Å². The maximum Gasteiger partial charge on any atom is 0.416 e. The van der Waals surface area contributed by atoms with Crippen LogP contribution in [0.25, 0.3) is 0 Å². The number of carbonyl (C=O) groups excluding carboxylic acids is 1. The molecule has 0 amide bonds. The number of rotatable bonds is 3. The summed E-state index contributed by atoms with van der Waals surface area (Å²) in [5.41, 5.74) is 6.57. The molecule has 2 aliphatic rings. The summed E-state index contributed by atoms with van der Waals surface area (Å²) in [6.07, 6.45) is -3.50. The largest absolute Gasteiger partial charge is 0.416 e. The summed E-state index contributed by atoms with van der Waals surface area (Å²) >= 11 is 0. The number of Topliss-reactive ketones (excluding diaryl/α,β-unsaturated/α-hetero) is 1. The molecule has 1 aliphatic heterocycles. The van der Waals surface area contributed by atoms with Crippen LogP contribution in [-0.4, -0.2) is 10.7 Å². The first kappa shape index (κ1) is 22.1. The molecule has 10 heteroatoms. The highest BCUT2D eigenvalue weighted by Gasteiger charge is 2.41. The van der Waals surface area contributed by atoms with E-state index in [4.69, 9.17) is 5.73 Å². The molecule has 0 spiro atoms. The molecule has 0 bridgehead atoms. The van der Waals surface area contributed by atoms with Gasteiger partial charge in [0.15, 0.2) is 5.78 Å². The minimum absolute atomic E-state index is 0.00438. The highest BCUT2D eigenvalue weighted by molar-refractivity contribution is 6.01. The Balaban J connectivity index is 1.92. The van der Waals surface area contributed by atoms with E-state index in [0.29, 0.717) is 24.1 Å². The van der Waals surface area contributed by atoms with Crippen LogP contribution < -0.4 is 10.6 Å². The summed E-state index contributed by atoms with van der Waals surface area (Å²) in [6.45, 7) is 0. The summed E-state index contributed by atoms with van der Waals surface area (Å²) in [5, 5.41) is 20.9. The Labute approximate surface area is 186 Å². The van der Waals surface area contributed by atoms with Crippen molar-refractivity contribution >= 4 is 17.2 Å². The fourth-order valence-electron chi connectivity index (χ4n) is 4.32. The molecule has 1 heterocycles. The van der Waals surface area contributed by atoms with Gasteiger partial charge in [0, 0.05) is 35.5 Å². The number of allylic oxidation sites excluding steroid dienone is 3. The maximum atomic E-state index is 13.3. The van der Waals surface area contributed by atoms with Gasteiger partial charge in [0.05, 0.1) is 28.0 Å². The molecule has 0 saturated carbocycles. The van der Waals surface area contributed by atoms with Gasteiger partial charge in [-0.05, 0) is 36.6 Å². The molecule has 1 aliphatic carbocycles. The Kier molecular flexibility index (Phi) is 5.41. The smallest absolute Gasteiger partial charge is 0.384 e. The van der Waals surface area contributed by atoms with Gasteiger partial charge >= 0.3 is 6.18 Å². The first-order valence-electron chi connectivity index (χ1n) is 10.0. The molecular weight excluding hydrogens is 437 g/mol. The number of hydrogen-bond donors (Lipinski definition) is 1. The lowest BCUT2D eigenvalue weighted by Gasteiger charge is -2.39. The van der Waals surface area contributed by atoms with Gasteiger partial charge in [0.1, 0.15) is 5.82 Å². The number of nitriles is 1. The average molecular weight is 454 g/mol. The maximum absolute atomic E-state index is 13.3. The second kappa shape index (κ2) is 8.09. The Morgan fingerprint density at radius 1 is 1.15 bits per heavy atom. The minimum Gasteiger partial charge on any atom is -0.384 e. The van der Waals surface area contributed by atoms with Crippen LogP contribution in [0.2, 0.25) is 0 Å². The van der Waals surface area contributed by atoms with Gasteiger partial charge in [-0.3, -0.25) is 19.8 Å². The number of carbonyl (C=O) groups is 1. The van der Waals surface area contributed by atoms with E-state index in [0.717, 1.165) is 12.1 Å². The zero-order valence-electron chi connectivity index (χ0n) is 17.1. The van der Waals surface area contributed by atoms with Crippen molar-refractivity contribution in [1.82, 2.24) is 0 Å². The molecule has 33 heavy (non-hydrogen) atoms. The van der Waals surface area contributed by atoms with Crippen molar-refractivity contribution in [2.24, 2.45) is 5.73 Å². The lowest BCUT2D eigenvalue weighted by atomic mass is 9.75. The first-order chi connectivity index (χ1) is 15.6. The molecule has 0 aromatic heterocycles. The van der Waals surface area contributed by atoms with Gasteiger partial charge in [0.25, 0.3) is 5.69 Å². The van der Waals surface area contributed by atoms with Crippen LogP contribution >= 0.6 is 0 Å². The van der Waals surface area contributed by atoms with E-state index in [1.807, 2.05) is 6.07 Å². The number of nitrogens with two attached hydrogens (primary N) is 1. The van der Waals surface area contributed by atoms with Gasteiger partial charge in [-0.2, -0.15) is 18.4 Å². The Hall–Kier alpha value is -4.13. The third kappa shape index (κ3) is 3.82. The lowest BCUT2D eigenvalue weighted by Crippen LogP contribution is -2.38. The molecule has 168 valence electrons. The average Bonchev–Trinajstić information content (AvgIpc) is 2.78. The van der Waals surface area contributed by atoms with Gasteiger partial charge in [-0.15, -0.1) is 0 Å². The van der Waals surface area contributed by atoms with E-state index < -0.39 is 22.6 Å². The van der Waals surface area contributed by atoms with E-state index in [-0.39, 0.29) is 40.5 Å². The molecule has 2 aromatic carbocycles. The topological polar surface area (TPSA) is 113 Å². The van der Waals surface area contributed by atoms with E-state index in [2.05, 4.69) is 0 Å². The lowest BCUT2D eigenvalue weighted by molar-refractivity contribution is -0.384. The van der Waals surface area contributed by atoms with Crippen molar-refractivity contribution < 1.29 is 22.9 Å². The van der Waals surface area contributed by atoms with Gasteiger partial charge in [-0.25, -0.2) is 0 Å². The molecule has 0 fully saturated rings. The van der Waals surface area contributed by atoms with E-state index in [9.17, 15) is 33.3 Å². The predicted octanol–water partition coefficient (Wildman–Crippen LogP) is 4.92. The monoisotopic (exact) mass is 454 g/mol. The van der Waals surface area contributed by atoms with Gasteiger partial charge in [0.2, 0.25) is 0 Å². The molecule has 2 N–H and O–H groups in total. The number of halogens is 3. The number of nitro benzene ring substituents is 1. The summed E-state index contributed by atoms with van der Waals surface area (Å²) in [6, 6.07) is 12.0. The third-order valence-electron chi connectivity index (χ3n) is 5.78. The molecule has 1 atom stereocenters. The zero-order valence-corrected chi connectivity index (χ0v) is 17.1. The molecule has 0 saturated heterocycles. The summed E-state index contributed by atoms with van der Waals surface area (Å²) < 4.78 is 39.9. The van der Waals surface area contributed by atoms with Crippen molar-refractivity contribution in [3.05, 3.63) is 92.4 Å². The van der Waals surface area contributed by atoms with Crippen LogP contribution in [0.4, 0.5) is 24.5 Å². The van der Waals surface area contributed by atoms with Crippen molar-refractivity contribution in [3.63, 3.8) is 0 Å². The van der Waals surface area contributed by atoms with Crippen molar-refractivity contribution in [3.8, 4) is 6.07 Å². The number of alkyl halides is 3. The second-order valence-electron chi connectivity index (χ2n) is 7.71. The van der Waals surface area contributed by atoms with Crippen LogP contribution in [-0.2, 0) is 11.0 Å². The molecule has 0 radical (unpaired) electrons. The van der Waals surface area contributed by atoms with E-state index in [1.54, 1.807) is 0 Å². The number of anilines is 1. The summed E-state index contributed by atoms with van der Waals surface area (Å²) in [5.74, 6) is -1.17. The normalized spacial score (nSPS) is 18.8. The molecule has 2 aromatic rings. The van der Waals surface area contributed by atoms with E-state index in [1.165, 1.54) is 41.3 Å². The number of non-ortho nitro benzene ring substituents is 1. The fourth-order valence-corrected chi connectivity index (χ4v) is 4.32. The Bertz CT molecular complexity index is 1260. The number of benzene rings is 2. The minimum atomic E-state index is -4.58. The number of hydrogen-bond acceptors (Lipinski definition) is 6. The van der Waals surface area contributed by atoms with Crippen molar-refractivity contribution in [2.45, 2.75) is 31.4 Å². The molecule has 4 rings (SSSR count). The van der Waals surface area contributed by atoms with Gasteiger partial charge < -0.3 is 5.73 Å². The predicted molar refractivity (Wildman–Crippen MR) is 112 cm³/mol. The van der Waals surface area contributed by atoms with Crippen LogP contribution in [0, 0.1) is 21.4 Å². The zero-order chi connectivity index (χ0) is 23.9. The van der Waals surface area contributed by atoms with Crippen molar-refractivity contribution in [2.75, 3.05) is 4.90 Å². The highest BCUT2D eigenvalue weighted by atomic mass is 19.4. The standard InChI is InChI=1S/C23H17F3N4O3/c24-23(25,26)14-3-1-4-16(11-14)29-18-5-2-6-19(31)21(18)20(17(12-27)22(29)28)13-7-9-15(10-8-13)30(32)33/h1,3-4,7-11,20H,2,5-6,28H2. The summed E-state index contributed by atoms with van der Waals surface area (Å²) in [4.78, 5) is 24.8.